The third kappa shape index (κ3) is 2.40. The zero-order chi connectivity index (χ0) is 14.3. The molecule has 0 saturated heterocycles. The molecular formula is C15H19FIN3. The summed E-state index contributed by atoms with van der Waals surface area (Å²) in [4.78, 5) is 4.40. The minimum Gasteiger partial charge on any atom is -0.369 e. The standard InChI is InChI=1S/C15H19FIN3/c1-9(10-5-3-2-4-6-10)20-14-7-11(16)12(17)8-13(14)19-15(20)18/h7-10H,2-6H2,1H3,(H2,18,19). The quantitative estimate of drug-likeness (QED) is 0.771. The van der Waals surface area contributed by atoms with Gasteiger partial charge in [0, 0.05) is 12.1 Å². The van der Waals surface area contributed by atoms with Gasteiger partial charge < -0.3 is 10.3 Å². The second-order valence-corrected chi connectivity index (χ2v) is 6.90. The number of rotatable bonds is 2. The van der Waals surface area contributed by atoms with E-state index < -0.39 is 0 Å². The Kier molecular flexibility index (Phi) is 3.88. The molecule has 0 bridgehead atoms. The van der Waals surface area contributed by atoms with Crippen LogP contribution in [0.4, 0.5) is 10.3 Å². The first-order chi connectivity index (χ1) is 9.58. The van der Waals surface area contributed by atoms with Crippen LogP contribution in [0.25, 0.3) is 11.0 Å². The Morgan fingerprint density at radius 3 is 2.75 bits per heavy atom. The third-order valence-electron chi connectivity index (χ3n) is 4.50. The van der Waals surface area contributed by atoms with E-state index in [9.17, 15) is 4.39 Å². The maximum absolute atomic E-state index is 13.9. The van der Waals surface area contributed by atoms with Crippen molar-refractivity contribution in [1.82, 2.24) is 9.55 Å². The summed E-state index contributed by atoms with van der Waals surface area (Å²) in [6, 6.07) is 3.62. The van der Waals surface area contributed by atoms with Gasteiger partial charge in [-0.1, -0.05) is 19.3 Å². The van der Waals surface area contributed by atoms with Crippen LogP contribution in [0.1, 0.15) is 45.1 Å². The number of benzene rings is 1. The average Bonchev–Trinajstić information content (AvgIpc) is 2.75. The van der Waals surface area contributed by atoms with Crippen molar-refractivity contribution in [2.45, 2.75) is 45.1 Å². The van der Waals surface area contributed by atoms with Crippen LogP contribution in [0.15, 0.2) is 12.1 Å². The molecule has 1 aliphatic rings. The smallest absolute Gasteiger partial charge is 0.201 e. The van der Waals surface area contributed by atoms with Crippen LogP contribution in [-0.4, -0.2) is 9.55 Å². The number of hydrogen-bond acceptors (Lipinski definition) is 2. The first kappa shape index (κ1) is 14.1. The molecule has 1 aliphatic carbocycles. The molecule has 20 heavy (non-hydrogen) atoms. The molecule has 3 rings (SSSR count). The molecule has 1 heterocycles. The number of nitrogens with zero attached hydrogens (tertiary/aromatic N) is 2. The maximum Gasteiger partial charge on any atom is 0.201 e. The van der Waals surface area contributed by atoms with Crippen LogP contribution in [-0.2, 0) is 0 Å². The minimum atomic E-state index is -0.199. The molecule has 0 amide bonds. The SMILES string of the molecule is CC(C1CCCCC1)n1c(N)nc2cc(I)c(F)cc21. The Balaban J connectivity index is 2.05. The third-order valence-corrected chi connectivity index (χ3v) is 5.32. The van der Waals surface area contributed by atoms with Crippen LogP contribution in [0.2, 0.25) is 0 Å². The van der Waals surface area contributed by atoms with Crippen LogP contribution in [0, 0.1) is 15.3 Å². The lowest BCUT2D eigenvalue weighted by molar-refractivity contribution is 0.269. The van der Waals surface area contributed by atoms with Gasteiger partial charge in [-0.25, -0.2) is 9.37 Å². The monoisotopic (exact) mass is 387 g/mol. The predicted octanol–water partition coefficient (Wildman–Crippen LogP) is 4.50. The topological polar surface area (TPSA) is 43.8 Å². The largest absolute Gasteiger partial charge is 0.369 e. The van der Waals surface area contributed by atoms with Crippen molar-refractivity contribution in [3.8, 4) is 0 Å². The molecule has 0 spiro atoms. The second kappa shape index (κ2) is 5.50. The number of nitrogens with two attached hydrogens (primary N) is 1. The van der Waals surface area contributed by atoms with Crippen LogP contribution >= 0.6 is 22.6 Å². The van der Waals surface area contributed by atoms with Gasteiger partial charge in [0.2, 0.25) is 5.95 Å². The zero-order valence-corrected chi connectivity index (χ0v) is 13.7. The highest BCUT2D eigenvalue weighted by Crippen LogP contribution is 2.36. The number of hydrogen-bond donors (Lipinski definition) is 1. The summed E-state index contributed by atoms with van der Waals surface area (Å²) in [5.74, 6) is 0.917. The number of anilines is 1. The van der Waals surface area contributed by atoms with E-state index in [0.29, 0.717) is 15.4 Å². The molecule has 2 aromatic rings. The van der Waals surface area contributed by atoms with Gasteiger partial charge in [0.25, 0.3) is 0 Å². The summed E-state index contributed by atoms with van der Waals surface area (Å²) in [5.41, 5.74) is 7.69. The number of fused-ring (bicyclic) bond motifs is 1. The van der Waals surface area contributed by atoms with E-state index in [4.69, 9.17) is 5.73 Å². The molecule has 1 fully saturated rings. The van der Waals surface area contributed by atoms with Gasteiger partial charge in [0.15, 0.2) is 0 Å². The molecule has 0 aliphatic heterocycles. The predicted molar refractivity (Wildman–Crippen MR) is 88.1 cm³/mol. The van der Waals surface area contributed by atoms with Gasteiger partial charge in [-0.15, -0.1) is 0 Å². The molecule has 1 unspecified atom stereocenters. The van der Waals surface area contributed by atoms with E-state index in [1.165, 1.54) is 32.1 Å². The van der Waals surface area contributed by atoms with E-state index in [1.807, 2.05) is 27.2 Å². The van der Waals surface area contributed by atoms with Crippen LogP contribution < -0.4 is 5.73 Å². The lowest BCUT2D eigenvalue weighted by atomic mass is 9.84. The average molecular weight is 387 g/mol. The van der Waals surface area contributed by atoms with Crippen LogP contribution in [0.3, 0.4) is 0 Å². The Morgan fingerprint density at radius 1 is 1.35 bits per heavy atom. The van der Waals surface area contributed by atoms with Crippen molar-refractivity contribution in [2.75, 3.05) is 5.73 Å². The van der Waals surface area contributed by atoms with Gasteiger partial charge in [0.1, 0.15) is 5.82 Å². The van der Waals surface area contributed by atoms with Gasteiger partial charge in [-0.05, 0) is 54.3 Å². The van der Waals surface area contributed by atoms with Gasteiger partial charge in [-0.2, -0.15) is 0 Å². The van der Waals surface area contributed by atoms with Gasteiger partial charge in [0.05, 0.1) is 14.6 Å². The maximum atomic E-state index is 13.9. The first-order valence-electron chi connectivity index (χ1n) is 7.20. The highest BCUT2D eigenvalue weighted by Gasteiger charge is 2.24. The highest BCUT2D eigenvalue weighted by atomic mass is 127. The zero-order valence-electron chi connectivity index (χ0n) is 11.6. The van der Waals surface area contributed by atoms with E-state index in [1.54, 1.807) is 12.1 Å². The van der Waals surface area contributed by atoms with Crippen molar-refractivity contribution in [2.24, 2.45) is 5.92 Å². The summed E-state index contributed by atoms with van der Waals surface area (Å²) in [6.07, 6.45) is 6.36. The number of halogens is 2. The highest BCUT2D eigenvalue weighted by molar-refractivity contribution is 14.1. The number of imidazole rings is 1. The van der Waals surface area contributed by atoms with Crippen molar-refractivity contribution in [1.29, 1.82) is 0 Å². The molecule has 1 aromatic carbocycles. The number of aromatic nitrogens is 2. The Hall–Kier alpha value is -0.850. The lowest BCUT2D eigenvalue weighted by Crippen LogP contribution is -2.20. The molecule has 3 nitrogen and oxygen atoms in total. The van der Waals surface area contributed by atoms with Crippen molar-refractivity contribution >= 4 is 39.6 Å². The summed E-state index contributed by atoms with van der Waals surface area (Å²) in [5, 5.41) is 0. The minimum absolute atomic E-state index is 0.199. The van der Waals surface area contributed by atoms with E-state index in [2.05, 4.69) is 11.9 Å². The van der Waals surface area contributed by atoms with Crippen LogP contribution in [0.5, 0.6) is 0 Å². The molecule has 108 valence electrons. The van der Waals surface area contributed by atoms with Crippen molar-refractivity contribution in [3.63, 3.8) is 0 Å². The summed E-state index contributed by atoms with van der Waals surface area (Å²) >= 11 is 1.99. The molecule has 0 radical (unpaired) electrons. The summed E-state index contributed by atoms with van der Waals surface area (Å²) in [7, 11) is 0. The molecule has 1 atom stereocenters. The Morgan fingerprint density at radius 2 is 2.05 bits per heavy atom. The normalized spacial score (nSPS) is 18.6. The summed E-state index contributed by atoms with van der Waals surface area (Å²) < 4.78 is 16.5. The van der Waals surface area contributed by atoms with Gasteiger partial charge in [-0.3, -0.25) is 0 Å². The molecule has 1 aromatic heterocycles. The number of nitrogen functional groups attached to an aromatic ring is 1. The van der Waals surface area contributed by atoms with E-state index in [-0.39, 0.29) is 11.9 Å². The lowest BCUT2D eigenvalue weighted by Gasteiger charge is -2.29. The van der Waals surface area contributed by atoms with E-state index >= 15 is 0 Å². The fourth-order valence-corrected chi connectivity index (χ4v) is 3.82. The van der Waals surface area contributed by atoms with Crippen molar-refractivity contribution < 1.29 is 4.39 Å². The van der Waals surface area contributed by atoms with Crippen molar-refractivity contribution in [3.05, 3.63) is 21.5 Å². The van der Waals surface area contributed by atoms with E-state index in [0.717, 1.165) is 11.0 Å². The van der Waals surface area contributed by atoms with Gasteiger partial charge >= 0.3 is 0 Å². The second-order valence-electron chi connectivity index (χ2n) is 5.73. The summed E-state index contributed by atoms with van der Waals surface area (Å²) in [6.45, 7) is 2.18. The fraction of sp³-hybridized carbons (Fsp3) is 0.533. The Bertz CT molecular complexity index is 632. The molecule has 5 heteroatoms. The molecular weight excluding hydrogens is 368 g/mol. The Labute approximate surface area is 131 Å². The molecule has 1 saturated carbocycles. The first-order valence-corrected chi connectivity index (χ1v) is 8.28. The fourth-order valence-electron chi connectivity index (χ4n) is 3.36. The molecule has 2 N–H and O–H groups in total.